The van der Waals surface area contributed by atoms with Crippen LogP contribution >= 0.6 is 11.8 Å². The Morgan fingerprint density at radius 3 is 2.74 bits per heavy atom. The third-order valence-corrected chi connectivity index (χ3v) is 4.53. The number of hydrogen-bond acceptors (Lipinski definition) is 3. The largest absolute Gasteiger partial charge is 0.313 e. The maximum absolute atomic E-state index is 4.23. The molecule has 3 nitrogen and oxygen atoms in total. The lowest BCUT2D eigenvalue weighted by Crippen LogP contribution is -2.32. The Balaban J connectivity index is 2.31. The fourth-order valence-electron chi connectivity index (χ4n) is 1.98. The first-order valence-corrected chi connectivity index (χ1v) is 8.56. The molecule has 0 aliphatic heterocycles. The number of aryl methyl sites for hydroxylation is 2. The summed E-state index contributed by atoms with van der Waals surface area (Å²) in [5, 5.41) is 7.91. The molecule has 1 unspecified atom stereocenters. The first kappa shape index (κ1) is 16.6. The quantitative estimate of drug-likeness (QED) is 0.715. The Hall–Kier alpha value is -0.480. The minimum Gasteiger partial charge on any atom is -0.313 e. The van der Waals surface area contributed by atoms with E-state index in [4.69, 9.17) is 0 Å². The van der Waals surface area contributed by atoms with Gasteiger partial charge in [-0.3, -0.25) is 4.68 Å². The van der Waals surface area contributed by atoms with Crippen molar-refractivity contribution in [1.82, 2.24) is 15.1 Å². The van der Waals surface area contributed by atoms with Crippen molar-refractivity contribution < 1.29 is 0 Å². The third-order valence-electron chi connectivity index (χ3n) is 2.99. The lowest BCUT2D eigenvalue weighted by molar-refractivity contribution is 0.519. The summed E-state index contributed by atoms with van der Waals surface area (Å²) in [5.74, 6) is 3.27. The summed E-state index contributed by atoms with van der Waals surface area (Å²) in [6, 6.07) is 0.629. The molecule has 0 aromatic carbocycles. The van der Waals surface area contributed by atoms with Gasteiger partial charge in [-0.15, -0.1) is 0 Å². The van der Waals surface area contributed by atoms with E-state index < -0.39 is 0 Å². The summed E-state index contributed by atoms with van der Waals surface area (Å²) >= 11 is 2.08. The first-order chi connectivity index (χ1) is 9.11. The lowest BCUT2D eigenvalue weighted by Gasteiger charge is -2.18. The highest BCUT2D eigenvalue weighted by Crippen LogP contribution is 2.12. The van der Waals surface area contributed by atoms with Crippen LogP contribution < -0.4 is 5.32 Å². The van der Waals surface area contributed by atoms with Crippen LogP contribution in [0.5, 0.6) is 0 Å². The van der Waals surface area contributed by atoms with Crippen LogP contribution in [0.2, 0.25) is 0 Å². The van der Waals surface area contributed by atoms with E-state index in [1.807, 2.05) is 17.9 Å². The molecule has 0 spiro atoms. The van der Waals surface area contributed by atoms with Gasteiger partial charge in [-0.25, -0.2) is 0 Å². The first-order valence-electron chi connectivity index (χ1n) is 7.40. The number of nitrogens with one attached hydrogen (secondary N) is 1. The van der Waals surface area contributed by atoms with Gasteiger partial charge >= 0.3 is 0 Å². The molecular weight excluding hydrogens is 254 g/mol. The molecule has 1 aromatic rings. The maximum atomic E-state index is 4.23. The van der Waals surface area contributed by atoms with Crippen molar-refractivity contribution >= 4 is 11.8 Å². The molecule has 0 amide bonds. The van der Waals surface area contributed by atoms with Gasteiger partial charge in [0.1, 0.15) is 0 Å². The van der Waals surface area contributed by atoms with Gasteiger partial charge < -0.3 is 5.32 Å². The zero-order chi connectivity index (χ0) is 14.1. The highest BCUT2D eigenvalue weighted by molar-refractivity contribution is 7.99. The predicted molar refractivity (Wildman–Crippen MR) is 85.8 cm³/mol. The second-order valence-electron chi connectivity index (χ2n) is 5.64. The smallest absolute Gasteiger partial charge is 0.0521 e. The Bertz CT molecular complexity index is 336. The van der Waals surface area contributed by atoms with E-state index in [2.05, 4.69) is 49.1 Å². The standard InChI is InChI=1S/C15H29N3S/c1-5-8-16-15(12-19-11-13(2)3)7-6-14-9-17-18(4)10-14/h9-10,13,15-16H,5-8,11-12H2,1-4H3. The molecule has 1 atom stereocenters. The van der Waals surface area contributed by atoms with Crippen LogP contribution in [-0.2, 0) is 13.5 Å². The molecule has 19 heavy (non-hydrogen) atoms. The van der Waals surface area contributed by atoms with Crippen molar-refractivity contribution in [2.24, 2.45) is 13.0 Å². The Kier molecular flexibility index (Phi) is 8.22. The molecule has 1 rings (SSSR count). The summed E-state index contributed by atoms with van der Waals surface area (Å²) in [6.07, 6.45) is 7.64. The van der Waals surface area contributed by atoms with Crippen LogP contribution in [0.1, 0.15) is 39.2 Å². The maximum Gasteiger partial charge on any atom is 0.0521 e. The average Bonchev–Trinajstić information content (AvgIpc) is 2.77. The number of aromatic nitrogens is 2. The van der Waals surface area contributed by atoms with E-state index in [0.717, 1.165) is 18.9 Å². The van der Waals surface area contributed by atoms with Crippen molar-refractivity contribution in [2.45, 2.75) is 46.1 Å². The fraction of sp³-hybridized carbons (Fsp3) is 0.800. The molecule has 4 heteroatoms. The average molecular weight is 283 g/mol. The molecule has 1 heterocycles. The second-order valence-corrected chi connectivity index (χ2v) is 6.72. The van der Waals surface area contributed by atoms with E-state index in [1.165, 1.54) is 29.9 Å². The van der Waals surface area contributed by atoms with Gasteiger partial charge in [-0.1, -0.05) is 20.8 Å². The van der Waals surface area contributed by atoms with Crippen LogP contribution in [0.4, 0.5) is 0 Å². The number of thioether (sulfide) groups is 1. The topological polar surface area (TPSA) is 29.9 Å². The molecule has 1 aromatic heterocycles. The highest BCUT2D eigenvalue weighted by atomic mass is 32.2. The summed E-state index contributed by atoms with van der Waals surface area (Å²) in [7, 11) is 1.98. The molecule has 0 aliphatic rings. The minimum absolute atomic E-state index is 0.629. The van der Waals surface area contributed by atoms with Gasteiger partial charge in [0.15, 0.2) is 0 Å². The summed E-state index contributed by atoms with van der Waals surface area (Å²) < 4.78 is 1.89. The zero-order valence-corrected chi connectivity index (χ0v) is 13.7. The highest BCUT2D eigenvalue weighted by Gasteiger charge is 2.09. The second kappa shape index (κ2) is 9.43. The summed E-state index contributed by atoms with van der Waals surface area (Å²) in [5.41, 5.74) is 1.35. The molecule has 0 aliphatic carbocycles. The number of hydrogen-bond donors (Lipinski definition) is 1. The van der Waals surface area contributed by atoms with Gasteiger partial charge in [0, 0.05) is 25.0 Å². The zero-order valence-electron chi connectivity index (χ0n) is 12.9. The Morgan fingerprint density at radius 1 is 1.37 bits per heavy atom. The molecule has 0 saturated heterocycles. The van der Waals surface area contributed by atoms with E-state index in [0.29, 0.717) is 6.04 Å². The minimum atomic E-state index is 0.629. The lowest BCUT2D eigenvalue weighted by atomic mass is 10.1. The summed E-state index contributed by atoms with van der Waals surface area (Å²) in [4.78, 5) is 0. The van der Waals surface area contributed by atoms with Crippen LogP contribution in [0.3, 0.4) is 0 Å². The van der Waals surface area contributed by atoms with E-state index >= 15 is 0 Å². The number of nitrogens with zero attached hydrogens (tertiary/aromatic N) is 2. The van der Waals surface area contributed by atoms with Crippen molar-refractivity contribution in [3.63, 3.8) is 0 Å². The summed E-state index contributed by atoms with van der Waals surface area (Å²) in [6.45, 7) is 7.93. The predicted octanol–water partition coefficient (Wildman–Crippen LogP) is 3.11. The van der Waals surface area contributed by atoms with E-state index in [1.54, 1.807) is 0 Å². The fourth-order valence-corrected chi connectivity index (χ4v) is 3.16. The van der Waals surface area contributed by atoms with Crippen molar-refractivity contribution in [3.8, 4) is 0 Å². The van der Waals surface area contributed by atoms with Gasteiger partial charge in [0.25, 0.3) is 0 Å². The monoisotopic (exact) mass is 283 g/mol. The Morgan fingerprint density at radius 2 is 2.16 bits per heavy atom. The molecule has 0 fully saturated rings. The molecule has 0 saturated carbocycles. The third kappa shape index (κ3) is 7.63. The SMILES string of the molecule is CCCNC(CCc1cnn(C)c1)CSCC(C)C. The molecule has 1 N–H and O–H groups in total. The van der Waals surface area contributed by atoms with E-state index in [-0.39, 0.29) is 0 Å². The van der Waals surface area contributed by atoms with Crippen LogP contribution in [0, 0.1) is 5.92 Å². The molecule has 110 valence electrons. The van der Waals surface area contributed by atoms with Crippen LogP contribution in [0.15, 0.2) is 12.4 Å². The molecular formula is C15H29N3S. The van der Waals surface area contributed by atoms with Gasteiger partial charge in [-0.2, -0.15) is 16.9 Å². The van der Waals surface area contributed by atoms with Crippen molar-refractivity contribution in [3.05, 3.63) is 18.0 Å². The van der Waals surface area contributed by atoms with Crippen LogP contribution in [-0.4, -0.2) is 33.9 Å². The Labute approximate surface area is 122 Å². The van der Waals surface area contributed by atoms with Crippen molar-refractivity contribution in [1.29, 1.82) is 0 Å². The normalized spacial score (nSPS) is 13.1. The van der Waals surface area contributed by atoms with Gasteiger partial charge in [0.05, 0.1) is 6.20 Å². The van der Waals surface area contributed by atoms with Gasteiger partial charge in [-0.05, 0) is 43.0 Å². The molecule has 0 bridgehead atoms. The van der Waals surface area contributed by atoms with Gasteiger partial charge in [0.2, 0.25) is 0 Å². The molecule has 0 radical (unpaired) electrons. The van der Waals surface area contributed by atoms with Crippen LogP contribution in [0.25, 0.3) is 0 Å². The van der Waals surface area contributed by atoms with Crippen molar-refractivity contribution in [2.75, 3.05) is 18.1 Å². The number of rotatable bonds is 10. The van der Waals surface area contributed by atoms with E-state index in [9.17, 15) is 0 Å².